The van der Waals surface area contributed by atoms with E-state index in [0.717, 1.165) is 17.2 Å². The lowest BCUT2D eigenvalue weighted by molar-refractivity contribution is -0.137. The minimum Gasteiger partial charge on any atom is -0.457 e. The Morgan fingerprint density at radius 3 is 1.44 bits per heavy atom. The van der Waals surface area contributed by atoms with E-state index in [1.165, 1.54) is 24.3 Å². The van der Waals surface area contributed by atoms with Crippen LogP contribution < -0.4 is 20.9 Å². The first kappa shape index (κ1) is 24.9. The second-order valence-electron chi connectivity index (χ2n) is 8.81. The second-order valence-corrected chi connectivity index (χ2v) is 8.81. The molecule has 0 radical (unpaired) electrons. The molecular formula is C28H24F4N2O2. The predicted octanol–water partition coefficient (Wildman–Crippen LogP) is 7.92. The highest BCUT2D eigenvalue weighted by atomic mass is 19.4. The van der Waals surface area contributed by atoms with E-state index < -0.39 is 23.0 Å². The molecule has 0 aromatic heterocycles. The zero-order valence-electron chi connectivity index (χ0n) is 19.6. The van der Waals surface area contributed by atoms with Crippen LogP contribution in [-0.2, 0) is 11.6 Å². The Balaban J connectivity index is 1.48. The molecule has 0 aliphatic rings. The standard InChI is InChI=1S/C28H24F4N2O2/c1-27(2,18-5-9-20(10-6-18)36-22-12-14-26(34)24(29)16-22)17-3-7-19(8-4-17)35-21-11-13-25(33)23(15-21)28(30,31)32/h3-16H,33-34H2,1-2H3. The molecule has 4 rings (SSSR count). The number of rotatable bonds is 6. The molecule has 0 unspecified atom stereocenters. The molecule has 0 saturated carbocycles. The molecule has 0 spiro atoms. The zero-order valence-corrected chi connectivity index (χ0v) is 19.6. The number of alkyl halides is 3. The molecular weight excluding hydrogens is 472 g/mol. The van der Waals surface area contributed by atoms with Gasteiger partial charge in [0.25, 0.3) is 0 Å². The number of ether oxygens (including phenoxy) is 2. The van der Waals surface area contributed by atoms with Crippen molar-refractivity contribution in [3.63, 3.8) is 0 Å². The van der Waals surface area contributed by atoms with Crippen molar-refractivity contribution < 1.29 is 27.0 Å². The van der Waals surface area contributed by atoms with Crippen LogP contribution in [0.3, 0.4) is 0 Å². The van der Waals surface area contributed by atoms with Crippen molar-refractivity contribution >= 4 is 11.4 Å². The van der Waals surface area contributed by atoms with Gasteiger partial charge in [-0.3, -0.25) is 0 Å². The fourth-order valence-electron chi connectivity index (χ4n) is 3.73. The molecule has 4 N–H and O–H groups in total. The largest absolute Gasteiger partial charge is 0.457 e. The van der Waals surface area contributed by atoms with E-state index in [2.05, 4.69) is 0 Å². The monoisotopic (exact) mass is 496 g/mol. The molecule has 0 amide bonds. The highest BCUT2D eigenvalue weighted by Gasteiger charge is 2.33. The first-order chi connectivity index (χ1) is 16.9. The fourth-order valence-corrected chi connectivity index (χ4v) is 3.73. The number of hydrogen-bond donors (Lipinski definition) is 2. The van der Waals surface area contributed by atoms with Crippen LogP contribution in [0.15, 0.2) is 84.9 Å². The Hall–Kier alpha value is -4.20. The smallest absolute Gasteiger partial charge is 0.418 e. The number of anilines is 2. The van der Waals surface area contributed by atoms with Gasteiger partial charge in [0.2, 0.25) is 0 Å². The van der Waals surface area contributed by atoms with Crippen molar-refractivity contribution in [2.45, 2.75) is 25.4 Å². The van der Waals surface area contributed by atoms with Gasteiger partial charge in [-0.2, -0.15) is 13.2 Å². The SMILES string of the molecule is CC(C)(c1ccc(Oc2ccc(N)c(F)c2)cc1)c1ccc(Oc2ccc(N)c(C(F)(F)F)c2)cc1. The Bertz CT molecular complexity index is 1370. The first-order valence-corrected chi connectivity index (χ1v) is 11.0. The third-order valence-electron chi connectivity index (χ3n) is 5.93. The van der Waals surface area contributed by atoms with Gasteiger partial charge in [0.05, 0.1) is 11.3 Å². The number of halogens is 4. The molecule has 4 aromatic rings. The number of hydrogen-bond acceptors (Lipinski definition) is 4. The zero-order chi connectivity index (χ0) is 26.1. The van der Waals surface area contributed by atoms with E-state index in [9.17, 15) is 17.6 Å². The lowest BCUT2D eigenvalue weighted by Gasteiger charge is -2.26. The molecule has 0 atom stereocenters. The van der Waals surface area contributed by atoms with Gasteiger partial charge in [-0.25, -0.2) is 4.39 Å². The molecule has 0 aliphatic heterocycles. The highest BCUT2D eigenvalue weighted by molar-refractivity contribution is 5.53. The van der Waals surface area contributed by atoms with Crippen LogP contribution in [0.4, 0.5) is 28.9 Å². The maximum absolute atomic E-state index is 13.7. The third-order valence-corrected chi connectivity index (χ3v) is 5.93. The average Bonchev–Trinajstić information content (AvgIpc) is 2.83. The van der Waals surface area contributed by atoms with Crippen molar-refractivity contribution in [3.8, 4) is 23.0 Å². The summed E-state index contributed by atoms with van der Waals surface area (Å²) in [5.74, 6) is 0.777. The van der Waals surface area contributed by atoms with Crippen LogP contribution >= 0.6 is 0 Å². The van der Waals surface area contributed by atoms with Crippen LogP contribution in [0.1, 0.15) is 30.5 Å². The molecule has 0 aliphatic carbocycles. The van der Waals surface area contributed by atoms with E-state index in [-0.39, 0.29) is 17.1 Å². The summed E-state index contributed by atoms with van der Waals surface area (Å²) in [6.45, 7) is 4.09. The predicted molar refractivity (Wildman–Crippen MR) is 132 cm³/mol. The summed E-state index contributed by atoms with van der Waals surface area (Å²) >= 11 is 0. The van der Waals surface area contributed by atoms with Crippen molar-refractivity contribution in [2.75, 3.05) is 11.5 Å². The van der Waals surface area contributed by atoms with Crippen LogP contribution in [0.2, 0.25) is 0 Å². The number of nitrogen functional groups attached to an aromatic ring is 2. The minimum atomic E-state index is -4.57. The highest BCUT2D eigenvalue weighted by Crippen LogP contribution is 2.38. The quantitative estimate of drug-likeness (QED) is 0.210. The summed E-state index contributed by atoms with van der Waals surface area (Å²) in [7, 11) is 0. The summed E-state index contributed by atoms with van der Waals surface area (Å²) in [5.41, 5.74) is 11.3. The molecule has 0 bridgehead atoms. The molecule has 186 valence electrons. The lowest BCUT2D eigenvalue weighted by atomic mass is 9.78. The summed E-state index contributed by atoms with van der Waals surface area (Å²) in [6.07, 6.45) is -4.57. The van der Waals surface area contributed by atoms with Gasteiger partial charge < -0.3 is 20.9 Å². The van der Waals surface area contributed by atoms with Crippen molar-refractivity contribution in [3.05, 3.63) is 107 Å². The minimum absolute atomic E-state index is 0.0418. The Morgan fingerprint density at radius 1 is 0.583 bits per heavy atom. The van der Waals surface area contributed by atoms with Gasteiger partial charge in [-0.1, -0.05) is 38.1 Å². The van der Waals surface area contributed by atoms with E-state index in [1.54, 1.807) is 30.3 Å². The molecule has 8 heteroatoms. The number of nitrogens with two attached hydrogens (primary N) is 2. The van der Waals surface area contributed by atoms with Crippen LogP contribution in [-0.4, -0.2) is 0 Å². The molecule has 0 fully saturated rings. The molecule has 0 saturated heterocycles. The summed E-state index contributed by atoms with van der Waals surface area (Å²) in [5, 5.41) is 0. The van der Waals surface area contributed by atoms with Gasteiger partial charge in [-0.15, -0.1) is 0 Å². The Kier molecular flexibility index (Phi) is 6.54. The van der Waals surface area contributed by atoms with Crippen molar-refractivity contribution in [1.29, 1.82) is 0 Å². The Labute approximate surface area is 206 Å². The summed E-state index contributed by atoms with van der Waals surface area (Å²) in [6, 6.07) is 22.3. The second kappa shape index (κ2) is 9.45. The topological polar surface area (TPSA) is 70.5 Å². The molecule has 4 nitrogen and oxygen atoms in total. The number of benzene rings is 4. The van der Waals surface area contributed by atoms with Gasteiger partial charge in [0, 0.05) is 17.2 Å². The maximum Gasteiger partial charge on any atom is 0.418 e. The van der Waals surface area contributed by atoms with E-state index >= 15 is 0 Å². The maximum atomic E-state index is 13.7. The van der Waals surface area contributed by atoms with E-state index in [0.29, 0.717) is 17.2 Å². The average molecular weight is 497 g/mol. The Morgan fingerprint density at radius 2 is 1.00 bits per heavy atom. The van der Waals surface area contributed by atoms with Crippen LogP contribution in [0.25, 0.3) is 0 Å². The van der Waals surface area contributed by atoms with Gasteiger partial charge in [-0.05, 0) is 65.7 Å². The van der Waals surface area contributed by atoms with Crippen molar-refractivity contribution in [2.24, 2.45) is 0 Å². The lowest BCUT2D eigenvalue weighted by Crippen LogP contribution is -2.18. The van der Waals surface area contributed by atoms with E-state index in [4.69, 9.17) is 20.9 Å². The van der Waals surface area contributed by atoms with Crippen LogP contribution in [0, 0.1) is 5.82 Å². The first-order valence-electron chi connectivity index (χ1n) is 11.0. The normalized spacial score (nSPS) is 11.8. The van der Waals surface area contributed by atoms with Gasteiger partial charge >= 0.3 is 6.18 Å². The van der Waals surface area contributed by atoms with Crippen molar-refractivity contribution in [1.82, 2.24) is 0 Å². The summed E-state index contributed by atoms with van der Waals surface area (Å²) in [4.78, 5) is 0. The fraction of sp³-hybridized carbons (Fsp3) is 0.143. The van der Waals surface area contributed by atoms with E-state index in [1.807, 2.05) is 38.1 Å². The molecule has 4 aromatic carbocycles. The van der Waals surface area contributed by atoms with Crippen LogP contribution in [0.5, 0.6) is 23.0 Å². The third kappa shape index (κ3) is 5.38. The molecule has 0 heterocycles. The molecule has 36 heavy (non-hydrogen) atoms. The van der Waals surface area contributed by atoms with Gasteiger partial charge in [0.15, 0.2) is 0 Å². The van der Waals surface area contributed by atoms with Gasteiger partial charge in [0.1, 0.15) is 28.8 Å². The summed E-state index contributed by atoms with van der Waals surface area (Å²) < 4.78 is 64.3.